The third kappa shape index (κ3) is 3.78. The van der Waals surface area contributed by atoms with Crippen LogP contribution < -0.4 is 0 Å². The molecule has 0 atom stereocenters. The number of carbonyl (C=O) groups excluding carboxylic acids is 1. The van der Waals surface area contributed by atoms with Gasteiger partial charge in [0.15, 0.2) is 0 Å². The van der Waals surface area contributed by atoms with E-state index in [1.54, 1.807) is 11.3 Å². The summed E-state index contributed by atoms with van der Waals surface area (Å²) in [6.07, 6.45) is 8.09. The van der Waals surface area contributed by atoms with Gasteiger partial charge in [-0.2, -0.15) is 0 Å². The van der Waals surface area contributed by atoms with Crippen LogP contribution in [0.3, 0.4) is 0 Å². The minimum atomic E-state index is -0.243. The molecule has 138 valence electrons. The number of aromatic amines is 2. The second-order valence-electron chi connectivity index (χ2n) is 6.37. The number of ether oxygens (including phenoxy) is 1. The summed E-state index contributed by atoms with van der Waals surface area (Å²) in [7, 11) is 0. The molecule has 0 unspecified atom stereocenters. The van der Waals surface area contributed by atoms with Crippen LogP contribution in [-0.4, -0.2) is 22.5 Å². The number of carbonyl (C=O) groups is 1. The van der Waals surface area contributed by atoms with Crippen molar-refractivity contribution in [3.05, 3.63) is 47.3 Å². The average molecular weight is 371 g/mol. The Balaban J connectivity index is 1.94. The van der Waals surface area contributed by atoms with Gasteiger partial charge in [0.25, 0.3) is 0 Å². The highest BCUT2D eigenvalue weighted by molar-refractivity contribution is 7.18. The molecule has 0 aliphatic heterocycles. The molecular formula is C21H26N2O2S. The average Bonchev–Trinajstić information content (AvgIpc) is 3.34. The molecule has 2 N–H and O–H groups in total. The zero-order valence-electron chi connectivity index (χ0n) is 15.6. The van der Waals surface area contributed by atoms with Gasteiger partial charge in [0.2, 0.25) is 0 Å². The van der Waals surface area contributed by atoms with Crippen LogP contribution in [0, 0.1) is 0 Å². The number of esters is 1. The van der Waals surface area contributed by atoms with E-state index in [2.05, 4.69) is 48.2 Å². The van der Waals surface area contributed by atoms with Crippen LogP contribution in [0.25, 0.3) is 21.1 Å². The summed E-state index contributed by atoms with van der Waals surface area (Å²) in [5, 5.41) is 0. The van der Waals surface area contributed by atoms with Crippen molar-refractivity contribution < 1.29 is 9.53 Å². The Labute approximate surface area is 158 Å². The van der Waals surface area contributed by atoms with Crippen LogP contribution in [0.5, 0.6) is 0 Å². The summed E-state index contributed by atoms with van der Waals surface area (Å²) >= 11 is 1.68. The van der Waals surface area contributed by atoms with Crippen LogP contribution in [-0.2, 0) is 17.6 Å². The lowest BCUT2D eigenvalue weighted by Crippen LogP contribution is -2.07. The molecule has 4 nitrogen and oxygen atoms in total. The number of rotatable bonds is 8. The van der Waals surface area contributed by atoms with Gasteiger partial charge in [-0.15, -0.1) is 11.3 Å². The third-order valence-corrected chi connectivity index (χ3v) is 5.50. The Kier molecular flexibility index (Phi) is 5.99. The van der Waals surface area contributed by atoms with E-state index in [9.17, 15) is 4.79 Å². The lowest BCUT2D eigenvalue weighted by molar-refractivity contribution is 0.0526. The van der Waals surface area contributed by atoms with Crippen molar-refractivity contribution in [2.24, 2.45) is 0 Å². The van der Waals surface area contributed by atoms with Crippen LogP contribution in [0.1, 0.15) is 55.1 Å². The number of aryl methyl sites for hydroxylation is 2. The molecule has 0 bridgehead atoms. The van der Waals surface area contributed by atoms with E-state index in [0.717, 1.165) is 47.5 Å². The fourth-order valence-electron chi connectivity index (χ4n) is 3.19. The number of nitrogens with one attached hydrogen (secondary N) is 2. The molecule has 0 saturated carbocycles. The molecule has 3 aromatic rings. The predicted octanol–water partition coefficient (Wildman–Crippen LogP) is 5.82. The Bertz CT molecular complexity index is 872. The van der Waals surface area contributed by atoms with Gasteiger partial charge in [-0.1, -0.05) is 26.7 Å². The van der Waals surface area contributed by atoms with E-state index in [1.165, 1.54) is 10.4 Å². The molecule has 0 aliphatic carbocycles. The standard InChI is InChI=1S/C21H26N2O2S/c1-4-7-14-11-16(22-12-14)17-9-10-18(26-17)20-19(21(24)25-6-3)15(8-5-2)13-23-20/h9-13,22-23H,4-8H2,1-3H3. The van der Waals surface area contributed by atoms with E-state index in [-0.39, 0.29) is 5.97 Å². The normalized spacial score (nSPS) is 11.0. The molecule has 0 radical (unpaired) electrons. The van der Waals surface area contributed by atoms with Gasteiger partial charge >= 0.3 is 5.97 Å². The van der Waals surface area contributed by atoms with Crippen molar-refractivity contribution >= 4 is 17.3 Å². The van der Waals surface area contributed by atoms with Crippen molar-refractivity contribution in [2.45, 2.75) is 46.5 Å². The van der Waals surface area contributed by atoms with Crippen molar-refractivity contribution in [1.29, 1.82) is 0 Å². The lowest BCUT2D eigenvalue weighted by Gasteiger charge is -2.05. The molecular weight excluding hydrogens is 344 g/mol. The maximum atomic E-state index is 12.5. The lowest BCUT2D eigenvalue weighted by atomic mass is 10.1. The van der Waals surface area contributed by atoms with Gasteiger partial charge in [0.1, 0.15) is 0 Å². The minimum Gasteiger partial charge on any atom is -0.462 e. The van der Waals surface area contributed by atoms with E-state index >= 15 is 0 Å². The van der Waals surface area contributed by atoms with Gasteiger partial charge in [-0.3, -0.25) is 0 Å². The first-order chi connectivity index (χ1) is 12.7. The maximum absolute atomic E-state index is 12.5. The second kappa shape index (κ2) is 8.41. The third-order valence-electron chi connectivity index (χ3n) is 4.36. The zero-order chi connectivity index (χ0) is 18.5. The van der Waals surface area contributed by atoms with E-state index < -0.39 is 0 Å². The summed E-state index contributed by atoms with van der Waals surface area (Å²) in [5.41, 5.74) is 5.03. The Morgan fingerprint density at radius 3 is 2.54 bits per heavy atom. The van der Waals surface area contributed by atoms with Gasteiger partial charge in [0, 0.05) is 12.4 Å². The molecule has 0 fully saturated rings. The first kappa shape index (κ1) is 18.5. The van der Waals surface area contributed by atoms with Gasteiger partial charge in [-0.25, -0.2) is 4.79 Å². The number of aromatic nitrogens is 2. The van der Waals surface area contributed by atoms with Crippen LogP contribution in [0.4, 0.5) is 0 Å². The number of H-pyrrole nitrogens is 2. The van der Waals surface area contributed by atoms with E-state index in [4.69, 9.17) is 4.74 Å². The van der Waals surface area contributed by atoms with Gasteiger partial charge < -0.3 is 14.7 Å². The van der Waals surface area contributed by atoms with Crippen molar-refractivity contribution in [3.63, 3.8) is 0 Å². The molecule has 3 heterocycles. The fourth-order valence-corrected chi connectivity index (χ4v) is 4.19. The van der Waals surface area contributed by atoms with E-state index in [0.29, 0.717) is 12.2 Å². The number of thiophene rings is 1. The summed E-state index contributed by atoms with van der Waals surface area (Å²) in [5.74, 6) is -0.243. The van der Waals surface area contributed by atoms with Gasteiger partial charge in [0.05, 0.1) is 33.3 Å². The van der Waals surface area contributed by atoms with Crippen LogP contribution in [0.15, 0.2) is 30.6 Å². The highest BCUT2D eigenvalue weighted by atomic mass is 32.1. The molecule has 0 amide bonds. The first-order valence-corrected chi connectivity index (χ1v) is 10.1. The van der Waals surface area contributed by atoms with E-state index in [1.807, 2.05) is 13.1 Å². The summed E-state index contributed by atoms with van der Waals surface area (Å²) in [4.78, 5) is 21.4. The highest BCUT2D eigenvalue weighted by Crippen LogP contribution is 2.36. The molecule has 26 heavy (non-hydrogen) atoms. The van der Waals surface area contributed by atoms with Crippen molar-refractivity contribution in [2.75, 3.05) is 6.61 Å². The number of hydrogen-bond acceptors (Lipinski definition) is 3. The molecule has 3 aromatic heterocycles. The van der Waals surface area contributed by atoms with Gasteiger partial charge in [-0.05, 0) is 49.1 Å². The minimum absolute atomic E-state index is 0.243. The topological polar surface area (TPSA) is 57.9 Å². The van der Waals surface area contributed by atoms with Crippen LogP contribution in [0.2, 0.25) is 0 Å². The van der Waals surface area contributed by atoms with Crippen molar-refractivity contribution in [3.8, 4) is 21.1 Å². The zero-order valence-corrected chi connectivity index (χ0v) is 16.5. The largest absolute Gasteiger partial charge is 0.462 e. The molecule has 0 saturated heterocycles. The molecule has 0 aliphatic rings. The quantitative estimate of drug-likeness (QED) is 0.491. The number of hydrogen-bond donors (Lipinski definition) is 2. The summed E-state index contributed by atoms with van der Waals surface area (Å²) in [6.45, 7) is 6.52. The molecule has 5 heteroatoms. The highest BCUT2D eigenvalue weighted by Gasteiger charge is 2.21. The second-order valence-corrected chi connectivity index (χ2v) is 7.45. The fraction of sp³-hybridized carbons (Fsp3) is 0.381. The molecule has 3 rings (SSSR count). The molecule has 0 spiro atoms. The first-order valence-electron chi connectivity index (χ1n) is 9.33. The maximum Gasteiger partial charge on any atom is 0.340 e. The summed E-state index contributed by atoms with van der Waals surface area (Å²) in [6, 6.07) is 6.39. The monoisotopic (exact) mass is 370 g/mol. The Hall–Kier alpha value is -2.27. The van der Waals surface area contributed by atoms with Crippen LogP contribution >= 0.6 is 11.3 Å². The predicted molar refractivity (Wildman–Crippen MR) is 108 cm³/mol. The van der Waals surface area contributed by atoms with Crippen molar-refractivity contribution in [1.82, 2.24) is 9.97 Å². The smallest absolute Gasteiger partial charge is 0.340 e. The Morgan fingerprint density at radius 2 is 1.81 bits per heavy atom. The SMILES string of the molecule is CCCc1c[nH]c(-c2ccc(-c3[nH]cc(CCC)c3C(=O)OCC)s2)c1. The Morgan fingerprint density at radius 1 is 1.04 bits per heavy atom. The summed E-state index contributed by atoms with van der Waals surface area (Å²) < 4.78 is 5.30. The molecule has 0 aromatic carbocycles.